The van der Waals surface area contributed by atoms with E-state index in [0.29, 0.717) is 17.0 Å². The van der Waals surface area contributed by atoms with E-state index in [1.165, 1.54) is 0 Å². The van der Waals surface area contributed by atoms with Crippen LogP contribution in [0, 0.1) is 0 Å². The molecule has 3 N–H and O–H groups in total. The molecule has 4 nitrogen and oxygen atoms in total. The molecule has 86 valence electrons. The van der Waals surface area contributed by atoms with Crippen LogP contribution < -0.4 is 57.1 Å². The van der Waals surface area contributed by atoms with Crippen molar-refractivity contribution >= 4 is 29.3 Å². The summed E-state index contributed by atoms with van der Waals surface area (Å²) < 4.78 is 2.00. The van der Waals surface area contributed by atoms with Crippen molar-refractivity contribution in [1.82, 2.24) is 9.55 Å². The average Bonchev–Trinajstić information content (AvgIpc) is 2.59. The number of hydrogen-bond donors (Lipinski definition) is 2. The molecule has 1 aromatic carbocycles. The van der Waals surface area contributed by atoms with Gasteiger partial charge >= 0.3 is 51.4 Å². The van der Waals surface area contributed by atoms with Gasteiger partial charge in [-0.3, -0.25) is 0 Å². The van der Waals surface area contributed by atoms with Crippen molar-refractivity contribution in [3.8, 4) is 0 Å². The summed E-state index contributed by atoms with van der Waals surface area (Å²) in [6.07, 6.45) is 1.45. The van der Waals surface area contributed by atoms with Crippen molar-refractivity contribution in [3.05, 3.63) is 18.0 Å². The van der Waals surface area contributed by atoms with Gasteiger partial charge in [0.1, 0.15) is 5.82 Å². The van der Waals surface area contributed by atoms with E-state index in [1.807, 2.05) is 23.7 Å². The zero-order valence-electron chi connectivity index (χ0n) is 10.1. The first-order valence-corrected chi connectivity index (χ1v) is 5.57. The van der Waals surface area contributed by atoms with Gasteiger partial charge < -0.3 is 28.0 Å². The second kappa shape index (κ2) is 6.47. The van der Waals surface area contributed by atoms with Crippen molar-refractivity contribution in [2.75, 3.05) is 12.3 Å². The fraction of sp³-hybridized carbons (Fsp3) is 0.364. The third-order valence-corrected chi connectivity index (χ3v) is 3.12. The van der Waals surface area contributed by atoms with E-state index >= 15 is 0 Å². The Bertz CT molecular complexity index is 527. The minimum atomic E-state index is 0. The number of hydrogen-bond acceptors (Lipinski definition) is 4. The molecule has 0 atom stereocenters. The molecule has 0 unspecified atom stereocenters. The summed E-state index contributed by atoms with van der Waals surface area (Å²) in [5.41, 5.74) is 8.12. The molecular formula is C11H14KN3OS. The van der Waals surface area contributed by atoms with Crippen LogP contribution in [0.1, 0.15) is 12.2 Å². The van der Waals surface area contributed by atoms with Crippen LogP contribution in [-0.2, 0) is 26.1 Å². The van der Waals surface area contributed by atoms with Gasteiger partial charge in [-0.2, -0.15) is 0 Å². The van der Waals surface area contributed by atoms with Gasteiger partial charge in [-0.1, -0.05) is 0 Å². The van der Waals surface area contributed by atoms with Crippen LogP contribution in [0.15, 0.2) is 17.0 Å². The average molecular weight is 275 g/mol. The number of benzene rings is 1. The molecule has 0 saturated heterocycles. The SMILES string of the molecule is Cn1c(CCCO)nc2c([S-])c(N)ccc21.[K+]. The second-order valence-electron chi connectivity index (χ2n) is 3.77. The summed E-state index contributed by atoms with van der Waals surface area (Å²) in [5, 5.41) is 8.81. The molecule has 0 spiro atoms. The molecule has 1 heterocycles. The maximum atomic E-state index is 8.81. The Labute approximate surface area is 148 Å². The van der Waals surface area contributed by atoms with Crippen LogP contribution >= 0.6 is 0 Å². The largest absolute Gasteiger partial charge is 1.00 e. The number of aliphatic hydroxyl groups excluding tert-OH is 1. The minimum absolute atomic E-state index is 0. The third-order valence-electron chi connectivity index (χ3n) is 2.69. The number of nitrogens with two attached hydrogens (primary N) is 1. The Hall–Kier alpha value is 0.306. The molecule has 0 aliphatic heterocycles. The summed E-state index contributed by atoms with van der Waals surface area (Å²) >= 11 is 5.23. The Kier molecular flexibility index (Phi) is 5.84. The van der Waals surface area contributed by atoms with Crippen molar-refractivity contribution in [1.29, 1.82) is 0 Å². The molecule has 2 aromatic rings. The Balaban J connectivity index is 0.00000144. The minimum Gasteiger partial charge on any atom is -0.776 e. The topological polar surface area (TPSA) is 64.1 Å². The predicted octanol–water partition coefficient (Wildman–Crippen LogP) is -2.01. The van der Waals surface area contributed by atoms with Crippen molar-refractivity contribution in [3.63, 3.8) is 0 Å². The number of aryl methyl sites for hydroxylation is 2. The van der Waals surface area contributed by atoms with Crippen molar-refractivity contribution in [2.24, 2.45) is 7.05 Å². The van der Waals surface area contributed by atoms with Gasteiger partial charge in [0.05, 0.1) is 11.0 Å². The van der Waals surface area contributed by atoms with E-state index in [9.17, 15) is 0 Å². The van der Waals surface area contributed by atoms with E-state index < -0.39 is 0 Å². The molecule has 0 aliphatic rings. The number of nitrogen functional groups attached to an aromatic ring is 1. The van der Waals surface area contributed by atoms with Gasteiger partial charge in [-0.25, -0.2) is 4.98 Å². The molecule has 0 radical (unpaired) electrons. The zero-order chi connectivity index (χ0) is 11.7. The molecule has 0 amide bonds. The fourth-order valence-electron chi connectivity index (χ4n) is 1.76. The molecular weight excluding hydrogens is 261 g/mol. The van der Waals surface area contributed by atoms with E-state index in [1.54, 1.807) is 0 Å². The van der Waals surface area contributed by atoms with E-state index in [0.717, 1.165) is 23.3 Å². The summed E-state index contributed by atoms with van der Waals surface area (Å²) in [5.74, 6) is 0.931. The van der Waals surface area contributed by atoms with Gasteiger partial charge in [0.15, 0.2) is 0 Å². The molecule has 17 heavy (non-hydrogen) atoms. The first-order valence-electron chi connectivity index (χ1n) is 5.16. The Morgan fingerprint density at radius 3 is 2.82 bits per heavy atom. The second-order valence-corrected chi connectivity index (χ2v) is 4.17. The van der Waals surface area contributed by atoms with Crippen LogP contribution in [0.2, 0.25) is 0 Å². The van der Waals surface area contributed by atoms with Crippen LogP contribution in [0.4, 0.5) is 5.69 Å². The first-order chi connectivity index (χ1) is 7.65. The van der Waals surface area contributed by atoms with E-state index in [2.05, 4.69) is 4.98 Å². The van der Waals surface area contributed by atoms with Gasteiger partial charge in [-0.15, -0.1) is 4.90 Å². The molecule has 0 fully saturated rings. The Morgan fingerprint density at radius 1 is 1.47 bits per heavy atom. The third kappa shape index (κ3) is 3.01. The van der Waals surface area contributed by atoms with Crippen molar-refractivity contribution in [2.45, 2.75) is 17.7 Å². The Morgan fingerprint density at radius 2 is 2.18 bits per heavy atom. The summed E-state index contributed by atoms with van der Waals surface area (Å²) in [4.78, 5) is 5.09. The summed E-state index contributed by atoms with van der Waals surface area (Å²) in [6, 6.07) is 3.73. The van der Waals surface area contributed by atoms with Gasteiger partial charge in [0.2, 0.25) is 0 Å². The number of nitrogens with zero attached hydrogens (tertiary/aromatic N) is 2. The maximum absolute atomic E-state index is 8.81. The number of imidazole rings is 1. The number of rotatable bonds is 3. The molecule has 0 bridgehead atoms. The van der Waals surface area contributed by atoms with Gasteiger partial charge in [0.25, 0.3) is 0 Å². The first kappa shape index (κ1) is 15.4. The zero-order valence-corrected chi connectivity index (χ0v) is 14.0. The molecule has 1 aromatic heterocycles. The van der Waals surface area contributed by atoms with Crippen LogP contribution in [0.5, 0.6) is 0 Å². The quantitative estimate of drug-likeness (QED) is 0.386. The van der Waals surface area contributed by atoms with Gasteiger partial charge in [0, 0.05) is 25.8 Å². The smallest absolute Gasteiger partial charge is 0.776 e. The molecule has 2 rings (SSSR count). The number of fused-ring (bicyclic) bond motifs is 1. The van der Waals surface area contributed by atoms with Crippen LogP contribution in [0.25, 0.3) is 11.0 Å². The fourth-order valence-corrected chi connectivity index (χ4v) is 1.98. The van der Waals surface area contributed by atoms with E-state index in [4.69, 9.17) is 23.5 Å². The summed E-state index contributed by atoms with van der Waals surface area (Å²) in [7, 11) is 1.95. The normalized spacial score (nSPS) is 10.5. The van der Waals surface area contributed by atoms with Crippen molar-refractivity contribution < 1.29 is 56.5 Å². The number of aliphatic hydroxyl groups is 1. The van der Waals surface area contributed by atoms with Crippen LogP contribution in [-0.4, -0.2) is 21.3 Å². The van der Waals surface area contributed by atoms with E-state index in [-0.39, 0.29) is 58.0 Å². The van der Waals surface area contributed by atoms with Gasteiger partial charge in [-0.05, 0) is 18.6 Å². The molecule has 0 aliphatic carbocycles. The molecule has 6 heteroatoms. The van der Waals surface area contributed by atoms with Crippen LogP contribution in [0.3, 0.4) is 0 Å². The summed E-state index contributed by atoms with van der Waals surface area (Å²) in [6.45, 7) is 0.173. The number of aromatic nitrogens is 2. The number of anilines is 1. The predicted molar refractivity (Wildman–Crippen MR) is 66.2 cm³/mol. The maximum Gasteiger partial charge on any atom is 1.00 e. The monoisotopic (exact) mass is 275 g/mol. The standard InChI is InChI=1S/C11H15N3OS.K/c1-14-8-5-4-7(12)11(16)10(8)13-9(14)3-2-6-15;/h4-5,15-16H,2-3,6,12H2,1H3;/q;+1/p-1. The molecule has 0 saturated carbocycles.